The third-order valence-electron chi connectivity index (χ3n) is 5.14. The average Bonchev–Trinajstić information content (AvgIpc) is 3.15. The van der Waals surface area contributed by atoms with E-state index in [9.17, 15) is 9.90 Å². The first-order valence-corrected chi connectivity index (χ1v) is 10.9. The van der Waals surface area contributed by atoms with E-state index in [1.807, 2.05) is 6.07 Å². The van der Waals surface area contributed by atoms with Crippen molar-refractivity contribution in [3.8, 4) is 5.75 Å². The number of aliphatic imine (C=N–C) groups is 1. The van der Waals surface area contributed by atoms with E-state index in [2.05, 4.69) is 20.6 Å². The minimum Gasteiger partial charge on any atom is -0.460 e. The zero-order valence-corrected chi connectivity index (χ0v) is 17.6. The van der Waals surface area contributed by atoms with Gasteiger partial charge in [-0.25, -0.2) is 4.98 Å². The first-order valence-electron chi connectivity index (χ1n) is 9.73. The van der Waals surface area contributed by atoms with Crippen molar-refractivity contribution >= 4 is 49.9 Å². The van der Waals surface area contributed by atoms with Crippen LogP contribution in [0.3, 0.4) is 0 Å². The summed E-state index contributed by atoms with van der Waals surface area (Å²) in [6.07, 6.45) is 5.82. The summed E-state index contributed by atoms with van der Waals surface area (Å²) in [6, 6.07) is 3.68. The third kappa shape index (κ3) is 4.39. The van der Waals surface area contributed by atoms with Crippen molar-refractivity contribution in [2.45, 2.75) is 44.2 Å². The van der Waals surface area contributed by atoms with E-state index in [0.29, 0.717) is 35.2 Å². The number of aliphatic hydroxyl groups excluding tert-OH is 1. The van der Waals surface area contributed by atoms with Gasteiger partial charge in [0.15, 0.2) is 5.13 Å². The predicted octanol–water partition coefficient (Wildman–Crippen LogP) is 3.52. The van der Waals surface area contributed by atoms with Crippen LogP contribution >= 0.6 is 22.9 Å². The first-order chi connectivity index (χ1) is 14.0. The maximum atomic E-state index is 11.8. The lowest BCUT2D eigenvalue weighted by Gasteiger charge is -2.27. The Labute approximate surface area is 177 Å². The van der Waals surface area contributed by atoms with Crippen LogP contribution in [0.15, 0.2) is 29.0 Å². The molecule has 0 spiro atoms. The van der Waals surface area contributed by atoms with Gasteiger partial charge < -0.3 is 20.5 Å². The molecule has 154 valence electrons. The van der Waals surface area contributed by atoms with Gasteiger partial charge in [0, 0.05) is 26.1 Å². The van der Waals surface area contributed by atoms with E-state index < -0.39 is 0 Å². The molecule has 3 N–H and O–H groups in total. The summed E-state index contributed by atoms with van der Waals surface area (Å²) in [5.41, 5.74) is 1.13. The van der Waals surface area contributed by atoms with E-state index in [4.69, 9.17) is 16.3 Å². The van der Waals surface area contributed by atoms with Gasteiger partial charge in [0.25, 0.3) is 5.91 Å². The highest BCUT2D eigenvalue weighted by atomic mass is 35.5. The van der Waals surface area contributed by atoms with E-state index in [1.54, 1.807) is 19.2 Å². The summed E-state index contributed by atoms with van der Waals surface area (Å²) in [4.78, 5) is 20.6. The molecule has 0 saturated heterocycles. The molecule has 1 aliphatic carbocycles. The molecule has 1 aliphatic heterocycles. The van der Waals surface area contributed by atoms with Gasteiger partial charge in [0.1, 0.15) is 22.2 Å². The number of rotatable bonds is 5. The van der Waals surface area contributed by atoms with Gasteiger partial charge in [-0.05, 0) is 25.0 Å². The van der Waals surface area contributed by atoms with Crippen molar-refractivity contribution in [3.63, 3.8) is 0 Å². The van der Waals surface area contributed by atoms with Crippen LogP contribution in [0, 0.1) is 0 Å². The Morgan fingerprint density at radius 3 is 2.97 bits per heavy atom. The van der Waals surface area contributed by atoms with Crippen LogP contribution in [0.5, 0.6) is 5.75 Å². The number of dihydropyridines is 1. The molecule has 1 fully saturated rings. The van der Waals surface area contributed by atoms with E-state index in [0.717, 1.165) is 41.0 Å². The maximum Gasteiger partial charge on any atom is 0.269 e. The molecule has 29 heavy (non-hydrogen) atoms. The Kier molecular flexibility index (Phi) is 6.03. The number of nitrogens with zero attached hydrogens (tertiary/aromatic N) is 2. The van der Waals surface area contributed by atoms with Crippen LogP contribution in [-0.2, 0) is 4.79 Å². The summed E-state index contributed by atoms with van der Waals surface area (Å²) in [7, 11) is 1.57. The number of anilines is 1. The number of hydrogen-bond acceptors (Lipinski definition) is 7. The van der Waals surface area contributed by atoms with Crippen LogP contribution < -0.4 is 15.4 Å². The highest BCUT2D eigenvalue weighted by Gasteiger charge is 2.24. The normalized spacial score (nSPS) is 22.0. The van der Waals surface area contributed by atoms with Crippen molar-refractivity contribution in [3.05, 3.63) is 29.0 Å². The largest absolute Gasteiger partial charge is 0.460 e. The minimum absolute atomic E-state index is 0.0219. The van der Waals surface area contributed by atoms with Crippen LogP contribution in [0.25, 0.3) is 10.2 Å². The molecular formula is C20H23ClN4O3S. The van der Waals surface area contributed by atoms with Crippen molar-refractivity contribution in [2.75, 3.05) is 18.9 Å². The summed E-state index contributed by atoms with van der Waals surface area (Å²) in [5, 5.41) is 17.3. The number of ether oxygens (including phenoxy) is 1. The van der Waals surface area contributed by atoms with Gasteiger partial charge in [-0.2, -0.15) is 0 Å². The standard InChI is InChI=1S/C20H23ClN4O3S/c1-22-19(27)14-10-11(8-9-23-14)28-16-7-6-13-18(17(16)21)29-20(25-13)24-12-4-2-3-5-15(12)26/h6-7,10,12,15,26H,2-5,8-9H2,1H3,(H,22,27)(H,24,25)/t12-,15-/m1/s1. The van der Waals surface area contributed by atoms with Crippen molar-refractivity contribution in [2.24, 2.45) is 4.99 Å². The minimum atomic E-state index is -0.348. The zero-order valence-electron chi connectivity index (χ0n) is 16.1. The monoisotopic (exact) mass is 434 g/mol. The molecule has 1 aromatic carbocycles. The topological polar surface area (TPSA) is 95.8 Å². The van der Waals surface area contributed by atoms with E-state index in [-0.39, 0.29) is 18.1 Å². The fourth-order valence-electron chi connectivity index (χ4n) is 3.56. The zero-order chi connectivity index (χ0) is 20.4. The smallest absolute Gasteiger partial charge is 0.269 e. The van der Waals surface area contributed by atoms with Gasteiger partial charge >= 0.3 is 0 Å². The summed E-state index contributed by atoms with van der Waals surface area (Å²) in [6.45, 7) is 0.493. The average molecular weight is 435 g/mol. The van der Waals surface area contributed by atoms with Gasteiger partial charge in [-0.15, -0.1) is 0 Å². The van der Waals surface area contributed by atoms with Crippen molar-refractivity contribution < 1.29 is 14.6 Å². The van der Waals surface area contributed by atoms with Crippen LogP contribution in [0.1, 0.15) is 32.1 Å². The van der Waals surface area contributed by atoms with E-state index in [1.165, 1.54) is 11.3 Å². The number of carbonyl (C=O) groups is 1. The fraction of sp³-hybridized carbons (Fsp3) is 0.450. The number of amides is 1. The van der Waals surface area contributed by atoms with Crippen molar-refractivity contribution in [1.29, 1.82) is 0 Å². The van der Waals surface area contributed by atoms with E-state index >= 15 is 0 Å². The number of carbonyl (C=O) groups excluding carboxylic acids is 1. The Morgan fingerprint density at radius 1 is 1.34 bits per heavy atom. The van der Waals surface area contributed by atoms with Gasteiger partial charge in [-0.3, -0.25) is 9.79 Å². The third-order valence-corrected chi connectivity index (χ3v) is 6.65. The summed E-state index contributed by atoms with van der Waals surface area (Å²) < 4.78 is 6.81. The maximum absolute atomic E-state index is 11.8. The SMILES string of the molecule is CNC(=O)C1=NCCC(Oc2ccc3nc(N[C@@H]4CCCC[C@H]4O)sc3c2Cl)=C1. The lowest BCUT2D eigenvalue weighted by Crippen LogP contribution is -2.36. The summed E-state index contributed by atoms with van der Waals surface area (Å²) in [5.74, 6) is 0.930. The molecule has 2 heterocycles. The Morgan fingerprint density at radius 2 is 2.17 bits per heavy atom. The fourth-order valence-corrected chi connectivity index (χ4v) is 4.83. The lowest BCUT2D eigenvalue weighted by atomic mass is 9.93. The molecule has 7 nitrogen and oxygen atoms in total. The Bertz CT molecular complexity index is 988. The van der Waals surface area contributed by atoms with Gasteiger partial charge in [0.05, 0.1) is 22.4 Å². The number of fused-ring (bicyclic) bond motifs is 1. The molecule has 1 amide bonds. The second-order valence-electron chi connectivity index (χ2n) is 7.16. The molecule has 0 unspecified atom stereocenters. The second-order valence-corrected chi connectivity index (χ2v) is 8.53. The predicted molar refractivity (Wildman–Crippen MR) is 116 cm³/mol. The molecule has 9 heteroatoms. The van der Waals surface area contributed by atoms with Gasteiger partial charge in [-0.1, -0.05) is 35.8 Å². The summed E-state index contributed by atoms with van der Waals surface area (Å²) >= 11 is 8.06. The molecular weight excluding hydrogens is 412 g/mol. The molecule has 1 aromatic heterocycles. The van der Waals surface area contributed by atoms with Crippen molar-refractivity contribution in [1.82, 2.24) is 10.3 Å². The lowest BCUT2D eigenvalue weighted by molar-refractivity contribution is -0.114. The number of halogens is 1. The highest BCUT2D eigenvalue weighted by Crippen LogP contribution is 2.39. The first kappa shape index (κ1) is 20.1. The molecule has 2 aliphatic rings. The molecule has 1 saturated carbocycles. The number of thiazole rings is 1. The number of benzene rings is 1. The van der Waals surface area contributed by atoms with Gasteiger partial charge in [0.2, 0.25) is 0 Å². The molecule has 2 aromatic rings. The number of aliphatic hydroxyl groups is 1. The quantitative estimate of drug-likeness (QED) is 0.669. The highest BCUT2D eigenvalue weighted by molar-refractivity contribution is 7.22. The molecule has 0 radical (unpaired) electrons. The number of nitrogens with one attached hydrogen (secondary N) is 2. The molecule has 2 atom stereocenters. The number of hydrogen-bond donors (Lipinski definition) is 3. The molecule has 4 rings (SSSR count). The molecule has 0 bridgehead atoms. The van der Waals surface area contributed by atoms with Crippen LogP contribution in [-0.4, -0.2) is 47.4 Å². The number of aromatic nitrogens is 1. The van der Waals surface area contributed by atoms with Crippen LogP contribution in [0.2, 0.25) is 5.02 Å². The second kappa shape index (κ2) is 8.69. The Hall–Kier alpha value is -2.16. The Balaban J connectivity index is 1.54. The van der Waals surface area contributed by atoms with Crippen LogP contribution in [0.4, 0.5) is 5.13 Å².